The van der Waals surface area contributed by atoms with Crippen LogP contribution in [0, 0.1) is 5.92 Å². The Bertz CT molecular complexity index is 376. The van der Waals surface area contributed by atoms with Gasteiger partial charge in [0.15, 0.2) is 0 Å². The molecule has 1 aromatic rings. The lowest BCUT2D eigenvalue weighted by Crippen LogP contribution is -2.35. The van der Waals surface area contributed by atoms with Gasteiger partial charge in [-0.05, 0) is 18.4 Å². The zero-order valence-corrected chi connectivity index (χ0v) is 11.3. The SMILES string of the molecule is CC(C)CC(CCl)NCCn1ccccc1=O. The van der Waals surface area contributed by atoms with Crippen LogP contribution in [-0.4, -0.2) is 23.0 Å². The topological polar surface area (TPSA) is 34.0 Å². The van der Waals surface area contributed by atoms with Crippen LogP contribution in [0.4, 0.5) is 0 Å². The van der Waals surface area contributed by atoms with Crippen molar-refractivity contribution >= 4 is 11.6 Å². The van der Waals surface area contributed by atoms with Crippen LogP contribution in [0.15, 0.2) is 29.2 Å². The third kappa shape index (κ3) is 5.37. The highest BCUT2D eigenvalue weighted by Gasteiger charge is 2.08. The molecule has 0 amide bonds. The second-order valence-electron chi connectivity index (χ2n) is 4.67. The van der Waals surface area contributed by atoms with Gasteiger partial charge in [0.05, 0.1) is 0 Å². The third-order valence-corrected chi connectivity index (χ3v) is 3.00. The number of halogens is 1. The van der Waals surface area contributed by atoms with E-state index in [2.05, 4.69) is 19.2 Å². The lowest BCUT2D eigenvalue weighted by atomic mass is 10.1. The minimum atomic E-state index is 0.0422. The highest BCUT2D eigenvalue weighted by molar-refractivity contribution is 6.18. The van der Waals surface area contributed by atoms with Gasteiger partial charge in [0, 0.05) is 37.3 Å². The van der Waals surface area contributed by atoms with E-state index in [1.807, 2.05) is 12.3 Å². The molecule has 0 aliphatic rings. The van der Waals surface area contributed by atoms with Crippen molar-refractivity contribution in [2.24, 2.45) is 5.92 Å². The maximum atomic E-state index is 11.5. The van der Waals surface area contributed by atoms with E-state index in [-0.39, 0.29) is 5.56 Å². The normalized spacial score (nSPS) is 12.9. The highest BCUT2D eigenvalue weighted by atomic mass is 35.5. The summed E-state index contributed by atoms with van der Waals surface area (Å²) in [6.07, 6.45) is 2.87. The molecule has 0 spiro atoms. The van der Waals surface area contributed by atoms with Crippen LogP contribution in [-0.2, 0) is 6.54 Å². The Balaban J connectivity index is 2.36. The van der Waals surface area contributed by atoms with Gasteiger partial charge in [0.1, 0.15) is 0 Å². The van der Waals surface area contributed by atoms with E-state index in [4.69, 9.17) is 11.6 Å². The Hall–Kier alpha value is -0.800. The van der Waals surface area contributed by atoms with E-state index in [9.17, 15) is 4.79 Å². The predicted octanol–water partition coefficient (Wildman–Crippen LogP) is 2.09. The molecular formula is C13H21ClN2O. The second kappa shape index (κ2) is 7.51. The van der Waals surface area contributed by atoms with E-state index >= 15 is 0 Å². The Kier molecular flexibility index (Phi) is 6.30. The van der Waals surface area contributed by atoms with Crippen molar-refractivity contribution in [2.75, 3.05) is 12.4 Å². The Labute approximate surface area is 108 Å². The number of nitrogens with zero attached hydrogens (tertiary/aromatic N) is 1. The van der Waals surface area contributed by atoms with E-state index in [1.54, 1.807) is 16.7 Å². The summed E-state index contributed by atoms with van der Waals surface area (Å²) in [6, 6.07) is 5.53. The van der Waals surface area contributed by atoms with Crippen LogP contribution in [0.5, 0.6) is 0 Å². The lowest BCUT2D eigenvalue weighted by molar-refractivity contribution is 0.433. The zero-order chi connectivity index (χ0) is 12.7. The summed E-state index contributed by atoms with van der Waals surface area (Å²) in [7, 11) is 0. The lowest BCUT2D eigenvalue weighted by Gasteiger charge is -2.18. The molecule has 1 N–H and O–H groups in total. The fraction of sp³-hybridized carbons (Fsp3) is 0.615. The van der Waals surface area contributed by atoms with Crippen molar-refractivity contribution in [1.82, 2.24) is 9.88 Å². The molecule has 0 bridgehead atoms. The van der Waals surface area contributed by atoms with Crippen molar-refractivity contribution in [3.8, 4) is 0 Å². The van der Waals surface area contributed by atoms with Crippen molar-refractivity contribution in [3.63, 3.8) is 0 Å². The molecule has 1 unspecified atom stereocenters. The van der Waals surface area contributed by atoms with E-state index in [1.165, 1.54) is 0 Å². The van der Waals surface area contributed by atoms with Gasteiger partial charge < -0.3 is 9.88 Å². The van der Waals surface area contributed by atoms with Crippen LogP contribution >= 0.6 is 11.6 Å². The van der Waals surface area contributed by atoms with Crippen molar-refractivity contribution in [2.45, 2.75) is 32.9 Å². The monoisotopic (exact) mass is 256 g/mol. The first kappa shape index (κ1) is 14.3. The summed E-state index contributed by atoms with van der Waals surface area (Å²) < 4.78 is 1.70. The Morgan fingerprint density at radius 2 is 2.18 bits per heavy atom. The molecule has 0 radical (unpaired) electrons. The first-order valence-electron chi connectivity index (χ1n) is 6.08. The van der Waals surface area contributed by atoms with Gasteiger partial charge in [-0.2, -0.15) is 0 Å². The second-order valence-corrected chi connectivity index (χ2v) is 4.98. The number of hydrogen-bond donors (Lipinski definition) is 1. The molecule has 0 aliphatic carbocycles. The molecule has 1 atom stereocenters. The fourth-order valence-corrected chi connectivity index (χ4v) is 2.04. The Morgan fingerprint density at radius 1 is 1.41 bits per heavy atom. The van der Waals surface area contributed by atoms with Crippen molar-refractivity contribution in [3.05, 3.63) is 34.7 Å². The van der Waals surface area contributed by atoms with Gasteiger partial charge >= 0.3 is 0 Å². The number of nitrogens with one attached hydrogen (secondary N) is 1. The van der Waals surface area contributed by atoms with Gasteiger partial charge in [0.25, 0.3) is 5.56 Å². The minimum absolute atomic E-state index is 0.0422. The minimum Gasteiger partial charge on any atom is -0.314 e. The number of alkyl halides is 1. The molecular weight excluding hydrogens is 236 g/mol. The molecule has 0 saturated heterocycles. The predicted molar refractivity (Wildman–Crippen MR) is 72.7 cm³/mol. The number of hydrogen-bond acceptors (Lipinski definition) is 2. The van der Waals surface area contributed by atoms with Gasteiger partial charge in [-0.3, -0.25) is 4.79 Å². The van der Waals surface area contributed by atoms with E-state index in [0.29, 0.717) is 24.4 Å². The average Bonchev–Trinajstić information content (AvgIpc) is 2.29. The molecule has 3 nitrogen and oxygen atoms in total. The molecule has 1 heterocycles. The molecule has 17 heavy (non-hydrogen) atoms. The van der Waals surface area contributed by atoms with E-state index in [0.717, 1.165) is 13.0 Å². The average molecular weight is 257 g/mol. The standard InChI is InChI=1S/C13H21ClN2O/c1-11(2)9-12(10-14)15-6-8-16-7-4-3-5-13(16)17/h3-5,7,11-12,15H,6,8-10H2,1-2H3. The van der Waals surface area contributed by atoms with Crippen LogP contribution in [0.3, 0.4) is 0 Å². The maximum Gasteiger partial charge on any atom is 0.250 e. The molecule has 0 aromatic carbocycles. The summed E-state index contributed by atoms with van der Waals surface area (Å²) in [5.74, 6) is 1.24. The van der Waals surface area contributed by atoms with Gasteiger partial charge in [-0.25, -0.2) is 0 Å². The summed E-state index contributed by atoms with van der Waals surface area (Å²) in [6.45, 7) is 5.82. The van der Waals surface area contributed by atoms with Crippen LogP contribution in [0.2, 0.25) is 0 Å². The van der Waals surface area contributed by atoms with Crippen LogP contribution in [0.1, 0.15) is 20.3 Å². The molecule has 0 fully saturated rings. The third-order valence-electron chi connectivity index (χ3n) is 2.63. The van der Waals surface area contributed by atoms with Crippen molar-refractivity contribution in [1.29, 1.82) is 0 Å². The smallest absolute Gasteiger partial charge is 0.250 e. The molecule has 1 rings (SSSR count). The first-order valence-corrected chi connectivity index (χ1v) is 6.61. The zero-order valence-electron chi connectivity index (χ0n) is 10.5. The number of aromatic nitrogens is 1. The summed E-state index contributed by atoms with van der Waals surface area (Å²) in [5.41, 5.74) is 0.0422. The molecule has 96 valence electrons. The van der Waals surface area contributed by atoms with Crippen molar-refractivity contribution < 1.29 is 0 Å². The van der Waals surface area contributed by atoms with Gasteiger partial charge in [-0.1, -0.05) is 19.9 Å². The fourth-order valence-electron chi connectivity index (χ4n) is 1.80. The summed E-state index contributed by atoms with van der Waals surface area (Å²) >= 11 is 5.89. The molecule has 4 heteroatoms. The quantitative estimate of drug-likeness (QED) is 0.758. The van der Waals surface area contributed by atoms with Crippen LogP contribution in [0.25, 0.3) is 0 Å². The maximum absolute atomic E-state index is 11.5. The first-order chi connectivity index (χ1) is 8.13. The number of rotatable bonds is 7. The van der Waals surface area contributed by atoms with E-state index < -0.39 is 0 Å². The molecule has 0 aliphatic heterocycles. The molecule has 0 saturated carbocycles. The largest absolute Gasteiger partial charge is 0.314 e. The Morgan fingerprint density at radius 3 is 2.76 bits per heavy atom. The summed E-state index contributed by atoms with van der Waals surface area (Å²) in [4.78, 5) is 11.5. The van der Waals surface area contributed by atoms with Crippen LogP contribution < -0.4 is 10.9 Å². The number of pyridine rings is 1. The summed E-state index contributed by atoms with van der Waals surface area (Å²) in [5, 5.41) is 3.38. The van der Waals surface area contributed by atoms with Gasteiger partial charge in [0.2, 0.25) is 0 Å². The highest BCUT2D eigenvalue weighted by Crippen LogP contribution is 2.05. The molecule has 1 aromatic heterocycles. The van der Waals surface area contributed by atoms with Gasteiger partial charge in [-0.15, -0.1) is 11.6 Å².